The minimum absolute atomic E-state index is 0.0344. The first kappa shape index (κ1) is 15.6. The van der Waals surface area contributed by atoms with Crippen LogP contribution >= 0.6 is 43.2 Å². The lowest BCUT2D eigenvalue weighted by molar-refractivity contribution is 0.454. The second-order valence-corrected chi connectivity index (χ2v) is 10.1. The Morgan fingerprint density at radius 2 is 2.00 bits per heavy atom. The number of rotatable bonds is 4. The van der Waals surface area contributed by atoms with E-state index in [9.17, 15) is 8.42 Å². The Morgan fingerprint density at radius 1 is 1.47 bits per heavy atom. The zero-order chi connectivity index (χ0) is 13.4. The van der Waals surface area contributed by atoms with Crippen LogP contribution in [0.5, 0.6) is 0 Å². The summed E-state index contributed by atoms with van der Waals surface area (Å²) in [5, 5.41) is 0. The maximum atomic E-state index is 12.2. The predicted octanol–water partition coefficient (Wildman–Crippen LogP) is 3.66. The van der Waals surface area contributed by atoms with Crippen LogP contribution in [-0.2, 0) is 10.0 Å². The summed E-state index contributed by atoms with van der Waals surface area (Å²) in [6.45, 7) is 7.41. The fourth-order valence-electron chi connectivity index (χ4n) is 1.18. The van der Waals surface area contributed by atoms with Gasteiger partial charge in [0.25, 0.3) is 0 Å². The van der Waals surface area contributed by atoms with Gasteiger partial charge < -0.3 is 0 Å². The number of hydrogen-bond donors (Lipinski definition) is 1. The number of hydrogen-bond acceptors (Lipinski definition) is 3. The quantitative estimate of drug-likeness (QED) is 0.778. The summed E-state index contributed by atoms with van der Waals surface area (Å²) in [6, 6.07) is 1.64. The molecule has 1 atom stereocenters. The van der Waals surface area contributed by atoms with Crippen LogP contribution in [0, 0.1) is 6.92 Å². The third kappa shape index (κ3) is 3.76. The molecule has 17 heavy (non-hydrogen) atoms. The first-order valence-electron chi connectivity index (χ1n) is 5.00. The molecule has 1 unspecified atom stereocenters. The average Bonchev–Trinajstić information content (AvgIpc) is 2.43. The van der Waals surface area contributed by atoms with E-state index >= 15 is 0 Å². The van der Waals surface area contributed by atoms with Gasteiger partial charge in [-0.15, -0.1) is 11.3 Å². The van der Waals surface area contributed by atoms with Crippen molar-refractivity contribution in [1.29, 1.82) is 0 Å². The van der Waals surface area contributed by atoms with E-state index in [1.807, 2.05) is 20.8 Å². The van der Waals surface area contributed by atoms with E-state index in [1.54, 1.807) is 13.0 Å². The van der Waals surface area contributed by atoms with Crippen molar-refractivity contribution in [2.24, 2.45) is 0 Å². The first-order chi connectivity index (χ1) is 7.56. The molecule has 3 nitrogen and oxygen atoms in total. The second kappa shape index (κ2) is 5.28. The molecule has 1 N–H and O–H groups in total. The van der Waals surface area contributed by atoms with Crippen LogP contribution in [-0.4, -0.2) is 18.8 Å². The molecule has 0 radical (unpaired) electrons. The molecule has 0 spiro atoms. The van der Waals surface area contributed by atoms with Crippen LogP contribution in [0.15, 0.2) is 14.7 Å². The molecule has 0 aliphatic heterocycles. The van der Waals surface area contributed by atoms with Gasteiger partial charge in [-0.2, -0.15) is 0 Å². The summed E-state index contributed by atoms with van der Waals surface area (Å²) in [5.74, 6) is 0. The summed E-state index contributed by atoms with van der Waals surface area (Å²) in [7, 11) is -3.47. The summed E-state index contributed by atoms with van der Waals surface area (Å²) >= 11 is 8.13. The van der Waals surface area contributed by atoms with Crippen LogP contribution in [0.2, 0.25) is 0 Å². The molecule has 7 heteroatoms. The van der Waals surface area contributed by atoms with Gasteiger partial charge in [0.05, 0.1) is 8.68 Å². The number of alkyl halides is 1. The van der Waals surface area contributed by atoms with Gasteiger partial charge in [0.2, 0.25) is 10.0 Å². The highest BCUT2D eigenvalue weighted by molar-refractivity contribution is 9.11. The smallest absolute Gasteiger partial charge is 0.207 e. The SMILES string of the molecule is Cc1sc(Br)cc1S(=O)(=O)NC(C)(C)C(C)Br. The zero-order valence-corrected chi connectivity index (χ0v) is 14.8. The van der Waals surface area contributed by atoms with Crippen molar-refractivity contribution >= 4 is 53.2 Å². The van der Waals surface area contributed by atoms with E-state index in [1.165, 1.54) is 11.3 Å². The van der Waals surface area contributed by atoms with E-state index in [-0.39, 0.29) is 4.83 Å². The molecule has 1 aromatic rings. The topological polar surface area (TPSA) is 46.2 Å². The van der Waals surface area contributed by atoms with Crippen molar-refractivity contribution in [3.05, 3.63) is 14.7 Å². The van der Waals surface area contributed by atoms with E-state index in [4.69, 9.17) is 0 Å². The molecular formula is C10H15Br2NO2S2. The van der Waals surface area contributed by atoms with Crippen LogP contribution < -0.4 is 4.72 Å². The number of nitrogens with one attached hydrogen (secondary N) is 1. The molecule has 1 heterocycles. The molecule has 0 fully saturated rings. The minimum Gasteiger partial charge on any atom is -0.207 e. The Morgan fingerprint density at radius 3 is 2.35 bits per heavy atom. The number of sulfonamides is 1. The highest BCUT2D eigenvalue weighted by Crippen LogP contribution is 2.30. The normalized spacial score (nSPS) is 14.9. The Kier molecular flexibility index (Phi) is 4.86. The maximum absolute atomic E-state index is 12.2. The molecule has 1 rings (SSSR count). The number of aryl methyl sites for hydroxylation is 1. The number of halogens is 2. The summed E-state index contributed by atoms with van der Waals surface area (Å²) in [6.07, 6.45) is 0. The third-order valence-electron chi connectivity index (χ3n) is 2.52. The minimum atomic E-state index is -3.47. The van der Waals surface area contributed by atoms with Gasteiger partial charge in [0.15, 0.2) is 0 Å². The molecule has 0 saturated heterocycles. The van der Waals surface area contributed by atoms with Crippen molar-refractivity contribution < 1.29 is 8.42 Å². The van der Waals surface area contributed by atoms with Crippen molar-refractivity contribution in [3.8, 4) is 0 Å². The van der Waals surface area contributed by atoms with E-state index in [0.717, 1.165) is 8.66 Å². The lowest BCUT2D eigenvalue weighted by Crippen LogP contribution is -2.48. The van der Waals surface area contributed by atoms with Crippen LogP contribution in [0.25, 0.3) is 0 Å². The van der Waals surface area contributed by atoms with Crippen molar-refractivity contribution in [2.45, 2.75) is 43.0 Å². The molecular weight excluding hydrogens is 390 g/mol. The Balaban J connectivity index is 3.10. The average molecular weight is 405 g/mol. The largest absolute Gasteiger partial charge is 0.242 e. The van der Waals surface area contributed by atoms with Gasteiger partial charge in [0.1, 0.15) is 0 Å². The highest BCUT2D eigenvalue weighted by atomic mass is 79.9. The number of thiophene rings is 1. The standard InChI is InChI=1S/C10H15Br2NO2S2/c1-6-8(5-9(12)16-6)17(14,15)13-10(3,4)7(2)11/h5,7,13H,1-4H3. The van der Waals surface area contributed by atoms with Gasteiger partial charge in [-0.3, -0.25) is 0 Å². The van der Waals surface area contributed by atoms with Gasteiger partial charge in [0, 0.05) is 15.2 Å². The van der Waals surface area contributed by atoms with Crippen LogP contribution in [0.4, 0.5) is 0 Å². The van der Waals surface area contributed by atoms with Gasteiger partial charge in [-0.25, -0.2) is 13.1 Å². The summed E-state index contributed by atoms with van der Waals surface area (Å²) < 4.78 is 28.0. The predicted molar refractivity (Wildman–Crippen MR) is 79.5 cm³/mol. The lowest BCUT2D eigenvalue weighted by atomic mass is 10.0. The van der Waals surface area contributed by atoms with E-state index < -0.39 is 15.6 Å². The highest BCUT2D eigenvalue weighted by Gasteiger charge is 2.31. The molecule has 0 saturated carbocycles. The third-order valence-corrected chi connectivity index (χ3v) is 7.15. The fourth-order valence-corrected chi connectivity index (χ4v) is 5.34. The Labute approximate surface area is 123 Å². The van der Waals surface area contributed by atoms with Crippen molar-refractivity contribution in [1.82, 2.24) is 4.72 Å². The zero-order valence-electron chi connectivity index (χ0n) is 10.0. The molecule has 1 aromatic heterocycles. The van der Waals surface area contributed by atoms with Gasteiger partial charge in [-0.05, 0) is 42.8 Å². The first-order valence-corrected chi connectivity index (χ1v) is 9.01. The van der Waals surface area contributed by atoms with Gasteiger partial charge in [-0.1, -0.05) is 22.9 Å². The molecule has 0 amide bonds. The molecule has 0 aliphatic carbocycles. The van der Waals surface area contributed by atoms with Crippen molar-refractivity contribution in [2.75, 3.05) is 0 Å². The maximum Gasteiger partial charge on any atom is 0.242 e. The molecule has 0 aliphatic rings. The summed E-state index contributed by atoms with van der Waals surface area (Å²) in [5.41, 5.74) is -0.542. The van der Waals surface area contributed by atoms with Crippen LogP contribution in [0.1, 0.15) is 25.6 Å². The molecule has 98 valence electrons. The monoisotopic (exact) mass is 403 g/mol. The van der Waals surface area contributed by atoms with E-state index in [2.05, 4.69) is 36.6 Å². The summed E-state index contributed by atoms with van der Waals surface area (Å²) in [4.78, 5) is 1.16. The molecule has 0 bridgehead atoms. The van der Waals surface area contributed by atoms with Gasteiger partial charge >= 0.3 is 0 Å². The second-order valence-electron chi connectivity index (χ2n) is 4.41. The van der Waals surface area contributed by atoms with Crippen molar-refractivity contribution in [3.63, 3.8) is 0 Å². The lowest BCUT2D eigenvalue weighted by Gasteiger charge is -2.28. The van der Waals surface area contributed by atoms with E-state index in [0.29, 0.717) is 4.90 Å². The Hall–Kier alpha value is 0.570. The Bertz CT molecular complexity index is 506. The fraction of sp³-hybridized carbons (Fsp3) is 0.600. The van der Waals surface area contributed by atoms with Crippen LogP contribution in [0.3, 0.4) is 0 Å². The molecule has 0 aromatic carbocycles.